The van der Waals surface area contributed by atoms with Gasteiger partial charge in [-0.1, -0.05) is 28.1 Å². The van der Waals surface area contributed by atoms with E-state index in [1.807, 2.05) is 13.1 Å². The highest BCUT2D eigenvalue weighted by atomic mass is 79.9. The summed E-state index contributed by atoms with van der Waals surface area (Å²) in [6.07, 6.45) is 0. The Labute approximate surface area is 132 Å². The van der Waals surface area contributed by atoms with Crippen LogP contribution >= 0.6 is 27.7 Å². The maximum absolute atomic E-state index is 13.6. The minimum Gasteiger partial charge on any atom is -0.313 e. The first-order valence-electron chi connectivity index (χ1n) is 6.44. The summed E-state index contributed by atoms with van der Waals surface area (Å²) in [5.41, 5.74) is 1.97. The quantitative estimate of drug-likeness (QED) is 0.745. The Kier molecular flexibility index (Phi) is 5.64. The minimum absolute atomic E-state index is 0.152. The number of hydrogen-bond donors (Lipinski definition) is 1. The van der Waals surface area contributed by atoms with E-state index in [0.717, 1.165) is 14.9 Å². The van der Waals surface area contributed by atoms with Crippen LogP contribution in [0, 0.1) is 5.82 Å². The molecule has 0 spiro atoms. The molecule has 0 saturated carbocycles. The van der Waals surface area contributed by atoms with Crippen molar-refractivity contribution in [3.05, 3.63) is 63.9 Å². The Bertz CT molecular complexity index is 571. The zero-order valence-electron chi connectivity index (χ0n) is 11.5. The number of thioether (sulfide) groups is 1. The van der Waals surface area contributed by atoms with Crippen molar-refractivity contribution >= 4 is 27.7 Å². The molecule has 0 aromatic heterocycles. The molecule has 20 heavy (non-hydrogen) atoms. The second-order valence-electron chi connectivity index (χ2n) is 4.60. The first kappa shape index (κ1) is 15.5. The summed E-state index contributed by atoms with van der Waals surface area (Å²) in [4.78, 5) is 1.15. The van der Waals surface area contributed by atoms with Crippen LogP contribution in [-0.2, 0) is 5.75 Å². The molecule has 0 saturated heterocycles. The standard InChI is InChI=1S/C16H17BrFNS/c1-11(19-2)12-3-6-15(7-4-12)20-10-13-9-14(17)5-8-16(13)18/h3-9,11,19H,10H2,1-2H3. The predicted molar refractivity (Wildman–Crippen MR) is 87.6 cm³/mol. The summed E-state index contributed by atoms with van der Waals surface area (Å²) in [6.45, 7) is 2.12. The second kappa shape index (κ2) is 7.25. The monoisotopic (exact) mass is 353 g/mol. The fraction of sp³-hybridized carbons (Fsp3) is 0.250. The molecule has 1 N–H and O–H groups in total. The fourth-order valence-corrected chi connectivity index (χ4v) is 3.11. The van der Waals surface area contributed by atoms with E-state index in [9.17, 15) is 4.39 Å². The lowest BCUT2D eigenvalue weighted by molar-refractivity contribution is 0.617. The van der Waals surface area contributed by atoms with Crippen molar-refractivity contribution in [3.63, 3.8) is 0 Å². The molecule has 1 unspecified atom stereocenters. The first-order valence-corrected chi connectivity index (χ1v) is 8.22. The van der Waals surface area contributed by atoms with Crippen LogP contribution in [0.25, 0.3) is 0 Å². The van der Waals surface area contributed by atoms with Gasteiger partial charge in [0.2, 0.25) is 0 Å². The third-order valence-corrected chi connectivity index (χ3v) is 4.77. The fourth-order valence-electron chi connectivity index (χ4n) is 1.83. The summed E-state index contributed by atoms with van der Waals surface area (Å²) in [5.74, 6) is 0.479. The molecule has 0 radical (unpaired) electrons. The van der Waals surface area contributed by atoms with Gasteiger partial charge in [0.15, 0.2) is 0 Å². The number of nitrogens with one attached hydrogen (secondary N) is 1. The van der Waals surface area contributed by atoms with Crippen molar-refractivity contribution in [2.75, 3.05) is 7.05 Å². The Balaban J connectivity index is 2.02. The summed E-state index contributed by atoms with van der Waals surface area (Å²) in [6, 6.07) is 13.8. The maximum Gasteiger partial charge on any atom is 0.127 e. The summed E-state index contributed by atoms with van der Waals surface area (Å²) in [5, 5.41) is 3.21. The Hall–Kier alpha value is -0.840. The number of hydrogen-bond acceptors (Lipinski definition) is 2. The molecule has 1 atom stereocenters. The van der Waals surface area contributed by atoms with Gasteiger partial charge in [0, 0.05) is 21.2 Å². The van der Waals surface area contributed by atoms with Crippen LogP contribution in [0.1, 0.15) is 24.1 Å². The second-order valence-corrected chi connectivity index (χ2v) is 6.57. The van der Waals surface area contributed by atoms with Crippen LogP contribution in [0.4, 0.5) is 4.39 Å². The van der Waals surface area contributed by atoms with Gasteiger partial charge in [0.1, 0.15) is 5.82 Å². The molecule has 0 amide bonds. The topological polar surface area (TPSA) is 12.0 Å². The van der Waals surface area contributed by atoms with Gasteiger partial charge in [-0.05, 0) is 55.4 Å². The zero-order valence-corrected chi connectivity index (χ0v) is 13.9. The molecular weight excluding hydrogens is 337 g/mol. The average Bonchev–Trinajstić information content (AvgIpc) is 2.48. The summed E-state index contributed by atoms with van der Waals surface area (Å²) >= 11 is 5.02. The van der Waals surface area contributed by atoms with Crippen LogP contribution in [0.15, 0.2) is 51.8 Å². The molecule has 0 bridgehead atoms. The van der Waals surface area contributed by atoms with Crippen LogP contribution < -0.4 is 5.32 Å². The van der Waals surface area contributed by atoms with E-state index >= 15 is 0 Å². The molecular formula is C16H17BrFNS. The molecule has 0 heterocycles. The van der Waals surface area contributed by atoms with Crippen molar-refractivity contribution < 1.29 is 4.39 Å². The molecule has 0 aliphatic carbocycles. The Morgan fingerprint density at radius 3 is 2.55 bits per heavy atom. The molecule has 0 fully saturated rings. The summed E-state index contributed by atoms with van der Waals surface area (Å²) in [7, 11) is 1.95. The van der Waals surface area contributed by atoms with Crippen LogP contribution in [0.3, 0.4) is 0 Å². The van der Waals surface area contributed by atoms with Gasteiger partial charge in [-0.3, -0.25) is 0 Å². The van der Waals surface area contributed by atoms with Gasteiger partial charge >= 0.3 is 0 Å². The molecule has 4 heteroatoms. The minimum atomic E-state index is -0.152. The third kappa shape index (κ3) is 4.08. The van der Waals surface area contributed by atoms with Gasteiger partial charge < -0.3 is 5.32 Å². The molecule has 2 rings (SSSR count). The molecule has 1 nitrogen and oxygen atoms in total. The highest BCUT2D eigenvalue weighted by molar-refractivity contribution is 9.10. The maximum atomic E-state index is 13.6. The smallest absolute Gasteiger partial charge is 0.127 e. The lowest BCUT2D eigenvalue weighted by Gasteiger charge is -2.11. The third-order valence-electron chi connectivity index (χ3n) is 3.22. The van der Waals surface area contributed by atoms with Crippen molar-refractivity contribution in [1.82, 2.24) is 5.32 Å². The van der Waals surface area contributed by atoms with Crippen LogP contribution in [0.2, 0.25) is 0 Å². The normalized spacial score (nSPS) is 12.4. The highest BCUT2D eigenvalue weighted by Gasteiger charge is 2.05. The first-order chi connectivity index (χ1) is 9.60. The van der Waals surface area contributed by atoms with E-state index in [4.69, 9.17) is 0 Å². The van der Waals surface area contributed by atoms with Crippen molar-refractivity contribution in [3.8, 4) is 0 Å². The van der Waals surface area contributed by atoms with E-state index in [1.54, 1.807) is 17.8 Å². The van der Waals surface area contributed by atoms with Crippen molar-refractivity contribution in [2.24, 2.45) is 0 Å². The van der Waals surface area contributed by atoms with E-state index in [-0.39, 0.29) is 5.82 Å². The SMILES string of the molecule is CNC(C)c1ccc(SCc2cc(Br)ccc2F)cc1. The van der Waals surface area contributed by atoms with E-state index in [2.05, 4.69) is 52.4 Å². The van der Waals surface area contributed by atoms with Crippen molar-refractivity contribution in [1.29, 1.82) is 0 Å². The predicted octanol–water partition coefficient (Wildman–Crippen LogP) is 5.16. The van der Waals surface area contributed by atoms with Gasteiger partial charge in [-0.15, -0.1) is 11.8 Å². The van der Waals surface area contributed by atoms with Gasteiger partial charge in [-0.2, -0.15) is 0 Å². The van der Waals surface area contributed by atoms with Crippen LogP contribution in [0.5, 0.6) is 0 Å². The van der Waals surface area contributed by atoms with Gasteiger partial charge in [0.25, 0.3) is 0 Å². The van der Waals surface area contributed by atoms with Gasteiger partial charge in [0.05, 0.1) is 0 Å². The van der Waals surface area contributed by atoms with E-state index in [0.29, 0.717) is 11.8 Å². The molecule has 2 aromatic rings. The molecule has 0 aliphatic heterocycles. The Morgan fingerprint density at radius 1 is 1.20 bits per heavy atom. The largest absolute Gasteiger partial charge is 0.313 e. The number of rotatable bonds is 5. The zero-order chi connectivity index (χ0) is 14.5. The Morgan fingerprint density at radius 2 is 1.90 bits per heavy atom. The molecule has 2 aromatic carbocycles. The average molecular weight is 354 g/mol. The van der Waals surface area contributed by atoms with Crippen LogP contribution in [-0.4, -0.2) is 7.05 Å². The van der Waals surface area contributed by atoms with E-state index < -0.39 is 0 Å². The molecule has 106 valence electrons. The van der Waals surface area contributed by atoms with Gasteiger partial charge in [-0.25, -0.2) is 4.39 Å². The summed E-state index contributed by atoms with van der Waals surface area (Å²) < 4.78 is 14.6. The number of benzene rings is 2. The number of halogens is 2. The molecule has 0 aliphatic rings. The highest BCUT2D eigenvalue weighted by Crippen LogP contribution is 2.27. The van der Waals surface area contributed by atoms with E-state index in [1.165, 1.54) is 11.6 Å². The lowest BCUT2D eigenvalue weighted by atomic mass is 10.1. The van der Waals surface area contributed by atoms with Crippen molar-refractivity contribution in [2.45, 2.75) is 23.6 Å². The lowest BCUT2D eigenvalue weighted by Crippen LogP contribution is -2.11.